The van der Waals surface area contributed by atoms with Crippen molar-refractivity contribution in [2.45, 2.75) is 52.5 Å². The molecule has 0 spiro atoms. The monoisotopic (exact) mass is 194 g/mol. The topological polar surface area (TPSA) is 30.9 Å². The fourth-order valence-electron chi connectivity index (χ4n) is 1.66. The zero-order valence-corrected chi connectivity index (χ0v) is 10.2. The lowest BCUT2D eigenvalue weighted by Gasteiger charge is -2.25. The third-order valence-corrected chi connectivity index (χ3v) is 2.46. The van der Waals surface area contributed by atoms with Crippen molar-refractivity contribution in [1.29, 1.82) is 0 Å². The van der Waals surface area contributed by atoms with E-state index in [-0.39, 0.29) is 11.0 Å². The van der Waals surface area contributed by atoms with Crippen molar-refractivity contribution in [3.8, 4) is 0 Å². The van der Waals surface area contributed by atoms with Gasteiger partial charge in [-0.3, -0.25) is 0 Å². The zero-order chi connectivity index (χ0) is 11.1. The van der Waals surface area contributed by atoms with E-state index in [2.05, 4.69) is 58.4 Å². The molecule has 0 aliphatic carbocycles. The number of nitrogen functional groups attached to an aromatic ring is 1. The maximum Gasteiger partial charge on any atom is 0.107 e. The van der Waals surface area contributed by atoms with Crippen LogP contribution in [0.15, 0.2) is 12.3 Å². The summed E-state index contributed by atoms with van der Waals surface area (Å²) in [4.78, 5) is 0. The minimum absolute atomic E-state index is 0.0631. The number of nitrogens with two attached hydrogens (primary N) is 1. The van der Waals surface area contributed by atoms with Gasteiger partial charge in [-0.1, -0.05) is 20.8 Å². The molecule has 2 N–H and O–H groups in total. The second-order valence-electron chi connectivity index (χ2n) is 5.91. The molecule has 1 rings (SSSR count). The van der Waals surface area contributed by atoms with Crippen LogP contribution in [0.25, 0.3) is 0 Å². The van der Waals surface area contributed by atoms with Crippen LogP contribution in [0, 0.1) is 0 Å². The Balaban J connectivity index is 3.23. The summed E-state index contributed by atoms with van der Waals surface area (Å²) < 4.78 is 2.13. The van der Waals surface area contributed by atoms with Crippen molar-refractivity contribution >= 4 is 5.82 Å². The van der Waals surface area contributed by atoms with Crippen LogP contribution in [-0.4, -0.2) is 4.57 Å². The van der Waals surface area contributed by atoms with Crippen molar-refractivity contribution in [3.05, 3.63) is 17.8 Å². The van der Waals surface area contributed by atoms with Gasteiger partial charge in [-0.15, -0.1) is 0 Å². The second-order valence-corrected chi connectivity index (χ2v) is 5.91. The Morgan fingerprint density at radius 1 is 1.07 bits per heavy atom. The van der Waals surface area contributed by atoms with Gasteiger partial charge in [0.15, 0.2) is 0 Å². The molecule has 2 nitrogen and oxygen atoms in total. The molecule has 0 aromatic carbocycles. The Bertz CT molecular complexity index is 290. The summed E-state index contributed by atoms with van der Waals surface area (Å²) in [6.07, 6.45) is 2.08. The first-order valence-electron chi connectivity index (χ1n) is 5.12. The van der Waals surface area contributed by atoms with Crippen molar-refractivity contribution in [3.63, 3.8) is 0 Å². The van der Waals surface area contributed by atoms with Gasteiger partial charge in [0.2, 0.25) is 0 Å². The molecule has 0 aliphatic heterocycles. The van der Waals surface area contributed by atoms with Gasteiger partial charge < -0.3 is 10.3 Å². The van der Waals surface area contributed by atoms with E-state index in [1.807, 2.05) is 0 Å². The number of aromatic nitrogens is 1. The van der Waals surface area contributed by atoms with Gasteiger partial charge in [-0.25, -0.2) is 0 Å². The molecule has 0 radical (unpaired) electrons. The summed E-state index contributed by atoms with van der Waals surface area (Å²) in [5.41, 5.74) is 7.56. The fraction of sp³-hybridized carbons (Fsp3) is 0.667. The summed E-state index contributed by atoms with van der Waals surface area (Å²) in [6, 6.07) is 2.13. The second kappa shape index (κ2) is 3.04. The van der Waals surface area contributed by atoms with E-state index in [0.717, 1.165) is 5.82 Å². The highest BCUT2D eigenvalue weighted by atomic mass is 15.1. The smallest absolute Gasteiger partial charge is 0.107 e. The number of hydrogen-bond donors (Lipinski definition) is 1. The summed E-state index contributed by atoms with van der Waals surface area (Å²) >= 11 is 0. The van der Waals surface area contributed by atoms with Gasteiger partial charge >= 0.3 is 0 Å². The maximum atomic E-state index is 6.14. The molecule has 0 saturated heterocycles. The van der Waals surface area contributed by atoms with Crippen LogP contribution >= 0.6 is 0 Å². The molecule has 0 bridgehead atoms. The maximum absolute atomic E-state index is 6.14. The van der Waals surface area contributed by atoms with Gasteiger partial charge in [0.25, 0.3) is 0 Å². The number of hydrogen-bond acceptors (Lipinski definition) is 1. The average molecular weight is 194 g/mol. The summed E-state index contributed by atoms with van der Waals surface area (Å²) in [6.45, 7) is 13.0. The lowest BCUT2D eigenvalue weighted by atomic mass is 9.88. The summed E-state index contributed by atoms with van der Waals surface area (Å²) in [5.74, 6) is 0.894. The van der Waals surface area contributed by atoms with Crippen LogP contribution in [-0.2, 0) is 11.0 Å². The molecule has 0 unspecified atom stereocenters. The van der Waals surface area contributed by atoms with Crippen molar-refractivity contribution in [1.82, 2.24) is 4.57 Å². The Labute approximate surface area is 87.1 Å². The van der Waals surface area contributed by atoms with E-state index in [4.69, 9.17) is 5.73 Å². The Kier molecular flexibility index (Phi) is 2.42. The van der Waals surface area contributed by atoms with Crippen LogP contribution < -0.4 is 5.73 Å². The molecule has 1 aromatic heterocycles. The summed E-state index contributed by atoms with van der Waals surface area (Å²) in [7, 11) is 0. The van der Waals surface area contributed by atoms with Gasteiger partial charge in [-0.05, 0) is 37.8 Å². The van der Waals surface area contributed by atoms with Crippen molar-refractivity contribution in [2.24, 2.45) is 0 Å². The van der Waals surface area contributed by atoms with Crippen molar-refractivity contribution in [2.75, 3.05) is 5.73 Å². The largest absolute Gasteiger partial charge is 0.385 e. The lowest BCUT2D eigenvalue weighted by molar-refractivity contribution is 0.403. The van der Waals surface area contributed by atoms with Crippen LogP contribution in [0.4, 0.5) is 5.82 Å². The quantitative estimate of drug-likeness (QED) is 0.676. The van der Waals surface area contributed by atoms with E-state index >= 15 is 0 Å². The molecular weight excluding hydrogens is 172 g/mol. The Morgan fingerprint density at radius 3 is 1.79 bits per heavy atom. The van der Waals surface area contributed by atoms with Crippen LogP contribution in [0.1, 0.15) is 47.1 Å². The number of anilines is 1. The third-order valence-electron chi connectivity index (χ3n) is 2.46. The molecule has 0 fully saturated rings. The van der Waals surface area contributed by atoms with Gasteiger partial charge in [0.05, 0.1) is 0 Å². The first kappa shape index (κ1) is 11.2. The lowest BCUT2D eigenvalue weighted by Crippen LogP contribution is -2.24. The van der Waals surface area contributed by atoms with Crippen LogP contribution in [0.3, 0.4) is 0 Å². The molecule has 0 amide bonds. The van der Waals surface area contributed by atoms with E-state index in [1.165, 1.54) is 5.56 Å². The zero-order valence-electron chi connectivity index (χ0n) is 10.2. The van der Waals surface area contributed by atoms with E-state index in [9.17, 15) is 0 Å². The predicted octanol–water partition coefficient (Wildman–Crippen LogP) is 3.12. The highest BCUT2D eigenvalue weighted by Crippen LogP contribution is 2.31. The highest BCUT2D eigenvalue weighted by Gasteiger charge is 2.23. The van der Waals surface area contributed by atoms with E-state index in [0.29, 0.717) is 0 Å². The number of rotatable bonds is 0. The molecule has 2 heteroatoms. The molecule has 1 aromatic rings. The molecule has 0 atom stereocenters. The van der Waals surface area contributed by atoms with Crippen LogP contribution in [0.5, 0.6) is 0 Å². The molecule has 0 aliphatic rings. The van der Waals surface area contributed by atoms with Crippen LogP contribution in [0.2, 0.25) is 0 Å². The third kappa shape index (κ3) is 1.94. The molecule has 0 saturated carbocycles. The predicted molar refractivity (Wildman–Crippen MR) is 62.5 cm³/mol. The molecule has 14 heavy (non-hydrogen) atoms. The standard InChI is InChI=1S/C12H22N2/c1-11(2,3)9-7-8-14(10(9)13)12(4,5)6/h7-8H,13H2,1-6H3. The van der Waals surface area contributed by atoms with Gasteiger partial charge in [-0.2, -0.15) is 0 Å². The first-order valence-corrected chi connectivity index (χ1v) is 5.12. The number of nitrogens with zero attached hydrogens (tertiary/aromatic N) is 1. The molecule has 80 valence electrons. The molecular formula is C12H22N2. The van der Waals surface area contributed by atoms with Gasteiger partial charge in [0.1, 0.15) is 5.82 Å². The van der Waals surface area contributed by atoms with E-state index < -0.39 is 0 Å². The van der Waals surface area contributed by atoms with E-state index in [1.54, 1.807) is 0 Å². The molecule has 1 heterocycles. The SMILES string of the molecule is CC(C)(C)c1ccn(C(C)(C)C)c1N. The fourth-order valence-corrected chi connectivity index (χ4v) is 1.66. The summed E-state index contributed by atoms with van der Waals surface area (Å²) in [5, 5.41) is 0. The normalized spacial score (nSPS) is 13.3. The Morgan fingerprint density at radius 2 is 1.57 bits per heavy atom. The first-order chi connectivity index (χ1) is 6.14. The minimum Gasteiger partial charge on any atom is -0.385 e. The van der Waals surface area contributed by atoms with Crippen molar-refractivity contribution < 1.29 is 0 Å². The Hall–Kier alpha value is -0.920. The van der Waals surface area contributed by atoms with Gasteiger partial charge in [0, 0.05) is 11.7 Å². The highest BCUT2D eigenvalue weighted by molar-refractivity contribution is 5.46. The minimum atomic E-state index is 0.0631. The average Bonchev–Trinajstić information content (AvgIpc) is 2.26.